The topological polar surface area (TPSA) is 34.1 Å². The largest absolute Gasteiger partial charge is 0.497 e. The van der Waals surface area contributed by atoms with Gasteiger partial charge in [0.05, 0.1) is 12.6 Å². The van der Waals surface area contributed by atoms with E-state index in [1.807, 2.05) is 18.2 Å². The van der Waals surface area contributed by atoms with Gasteiger partial charge in [-0.1, -0.05) is 11.6 Å². The third kappa shape index (κ3) is 1.85. The van der Waals surface area contributed by atoms with Crippen molar-refractivity contribution < 1.29 is 4.74 Å². The van der Waals surface area contributed by atoms with Crippen LogP contribution in [-0.4, -0.2) is 18.6 Å². The minimum absolute atomic E-state index is 0.352. The number of hydrogen-bond acceptors (Lipinski definition) is 3. The molecule has 3 rings (SSSR count). The lowest BCUT2D eigenvalue weighted by atomic mass is 9.98. The van der Waals surface area contributed by atoms with Crippen molar-refractivity contribution in [1.82, 2.24) is 10.3 Å². The van der Waals surface area contributed by atoms with Crippen molar-refractivity contribution in [2.75, 3.05) is 13.7 Å². The Kier molecular flexibility index (Phi) is 2.65. The van der Waals surface area contributed by atoms with Crippen molar-refractivity contribution in [2.24, 2.45) is 0 Å². The average Bonchev–Trinajstić information content (AvgIpc) is 2.27. The van der Waals surface area contributed by atoms with Gasteiger partial charge in [0.15, 0.2) is 0 Å². The predicted molar refractivity (Wildman–Crippen MR) is 68.7 cm³/mol. The van der Waals surface area contributed by atoms with E-state index in [0.29, 0.717) is 11.2 Å². The number of ether oxygens (including phenoxy) is 1. The number of methoxy groups -OCH3 is 1. The molecule has 0 bridgehead atoms. The lowest BCUT2D eigenvalue weighted by Gasteiger charge is -2.28. The molecule has 1 aliphatic heterocycles. The SMILES string of the molecule is COc1ccc2nc(Cl)c(C3CCN3)cc2c1. The summed E-state index contributed by atoms with van der Waals surface area (Å²) in [6.07, 6.45) is 1.12. The summed E-state index contributed by atoms with van der Waals surface area (Å²) in [6.45, 7) is 1.05. The molecule has 1 fully saturated rings. The molecule has 88 valence electrons. The maximum absolute atomic E-state index is 6.20. The van der Waals surface area contributed by atoms with Crippen LogP contribution in [0.1, 0.15) is 18.0 Å². The first kappa shape index (κ1) is 10.8. The summed E-state index contributed by atoms with van der Waals surface area (Å²) in [5, 5.41) is 5.00. The van der Waals surface area contributed by atoms with E-state index in [0.717, 1.165) is 35.2 Å². The fourth-order valence-corrected chi connectivity index (χ4v) is 2.35. The molecule has 4 heteroatoms. The number of nitrogens with one attached hydrogen (secondary N) is 1. The van der Waals surface area contributed by atoms with Gasteiger partial charge in [-0.15, -0.1) is 0 Å². The van der Waals surface area contributed by atoms with Gasteiger partial charge in [-0.3, -0.25) is 0 Å². The minimum Gasteiger partial charge on any atom is -0.497 e. The molecule has 1 aliphatic rings. The maximum atomic E-state index is 6.20. The van der Waals surface area contributed by atoms with E-state index in [1.54, 1.807) is 7.11 Å². The molecule has 0 radical (unpaired) electrons. The second kappa shape index (κ2) is 4.17. The van der Waals surface area contributed by atoms with Crippen LogP contribution in [0, 0.1) is 0 Å². The monoisotopic (exact) mass is 248 g/mol. The highest BCUT2D eigenvalue weighted by Crippen LogP contribution is 2.31. The van der Waals surface area contributed by atoms with Crippen LogP contribution in [0.25, 0.3) is 10.9 Å². The standard InChI is InChI=1S/C13H13ClN2O/c1-17-9-2-3-11-8(6-9)7-10(13(14)16-11)12-4-5-15-12/h2-3,6-7,12,15H,4-5H2,1H3. The molecule has 3 nitrogen and oxygen atoms in total. The molecule has 1 atom stereocenters. The van der Waals surface area contributed by atoms with E-state index in [2.05, 4.69) is 16.4 Å². The second-order valence-corrected chi connectivity index (χ2v) is 4.58. The maximum Gasteiger partial charge on any atom is 0.134 e. The molecular weight excluding hydrogens is 236 g/mol. The Hall–Kier alpha value is -1.32. The fourth-order valence-electron chi connectivity index (χ4n) is 2.07. The van der Waals surface area contributed by atoms with Gasteiger partial charge in [0.25, 0.3) is 0 Å². The van der Waals surface area contributed by atoms with Crippen molar-refractivity contribution >= 4 is 22.5 Å². The molecule has 1 N–H and O–H groups in total. The quantitative estimate of drug-likeness (QED) is 0.830. The summed E-state index contributed by atoms with van der Waals surface area (Å²) in [4.78, 5) is 4.42. The van der Waals surface area contributed by atoms with Crippen LogP contribution < -0.4 is 10.1 Å². The van der Waals surface area contributed by atoms with Crippen molar-refractivity contribution in [3.8, 4) is 5.75 Å². The predicted octanol–water partition coefficient (Wildman–Crippen LogP) is 2.93. The highest BCUT2D eigenvalue weighted by atomic mass is 35.5. The molecule has 0 saturated carbocycles. The Morgan fingerprint density at radius 3 is 2.88 bits per heavy atom. The highest BCUT2D eigenvalue weighted by molar-refractivity contribution is 6.30. The van der Waals surface area contributed by atoms with Crippen LogP contribution in [0.5, 0.6) is 5.75 Å². The molecule has 0 spiro atoms. The molecule has 2 aromatic rings. The Bertz CT molecular complexity index is 567. The van der Waals surface area contributed by atoms with Crippen LogP contribution in [-0.2, 0) is 0 Å². The number of fused-ring (bicyclic) bond motifs is 1. The van der Waals surface area contributed by atoms with Crippen molar-refractivity contribution in [1.29, 1.82) is 0 Å². The average molecular weight is 249 g/mol. The van der Waals surface area contributed by atoms with Gasteiger partial charge in [-0.25, -0.2) is 4.98 Å². The number of rotatable bonds is 2. The van der Waals surface area contributed by atoms with E-state index in [1.165, 1.54) is 0 Å². The first-order chi connectivity index (χ1) is 8.28. The van der Waals surface area contributed by atoms with Gasteiger partial charge in [-0.05, 0) is 37.2 Å². The number of nitrogens with zero attached hydrogens (tertiary/aromatic N) is 1. The van der Waals surface area contributed by atoms with Crippen LogP contribution in [0.3, 0.4) is 0 Å². The van der Waals surface area contributed by atoms with Crippen molar-refractivity contribution in [2.45, 2.75) is 12.5 Å². The summed E-state index contributed by atoms with van der Waals surface area (Å²) in [5.41, 5.74) is 1.98. The first-order valence-electron chi connectivity index (χ1n) is 5.65. The van der Waals surface area contributed by atoms with Gasteiger partial charge < -0.3 is 10.1 Å². The number of benzene rings is 1. The molecule has 17 heavy (non-hydrogen) atoms. The number of hydrogen-bond donors (Lipinski definition) is 1. The third-order valence-electron chi connectivity index (χ3n) is 3.20. The number of aromatic nitrogens is 1. The van der Waals surface area contributed by atoms with Crippen LogP contribution in [0.2, 0.25) is 5.15 Å². The van der Waals surface area contributed by atoms with E-state index < -0.39 is 0 Å². The van der Waals surface area contributed by atoms with Crippen LogP contribution in [0.4, 0.5) is 0 Å². The van der Waals surface area contributed by atoms with Gasteiger partial charge in [0.1, 0.15) is 10.9 Å². The Morgan fingerprint density at radius 2 is 2.24 bits per heavy atom. The Balaban J connectivity index is 2.13. The summed E-state index contributed by atoms with van der Waals surface area (Å²) in [5.74, 6) is 0.842. The van der Waals surface area contributed by atoms with Gasteiger partial charge in [-0.2, -0.15) is 0 Å². The molecular formula is C13H13ClN2O. The lowest BCUT2D eigenvalue weighted by molar-refractivity contribution is 0.383. The van der Waals surface area contributed by atoms with Crippen molar-refractivity contribution in [3.63, 3.8) is 0 Å². The normalized spacial score (nSPS) is 19.1. The zero-order valence-corrected chi connectivity index (χ0v) is 10.3. The van der Waals surface area contributed by atoms with Crippen LogP contribution >= 0.6 is 11.6 Å². The van der Waals surface area contributed by atoms with Gasteiger partial charge >= 0.3 is 0 Å². The van der Waals surface area contributed by atoms with E-state index in [9.17, 15) is 0 Å². The third-order valence-corrected chi connectivity index (χ3v) is 3.50. The fraction of sp³-hybridized carbons (Fsp3) is 0.308. The zero-order valence-electron chi connectivity index (χ0n) is 9.53. The van der Waals surface area contributed by atoms with Crippen LogP contribution in [0.15, 0.2) is 24.3 Å². The van der Waals surface area contributed by atoms with Gasteiger partial charge in [0.2, 0.25) is 0 Å². The molecule has 1 unspecified atom stereocenters. The molecule has 2 heterocycles. The zero-order chi connectivity index (χ0) is 11.8. The Labute approximate surface area is 105 Å². The smallest absolute Gasteiger partial charge is 0.134 e. The number of pyridine rings is 1. The minimum atomic E-state index is 0.352. The number of halogens is 1. The van der Waals surface area contributed by atoms with E-state index >= 15 is 0 Å². The molecule has 0 aliphatic carbocycles. The van der Waals surface area contributed by atoms with Gasteiger partial charge in [0, 0.05) is 17.0 Å². The first-order valence-corrected chi connectivity index (χ1v) is 6.03. The molecule has 1 aromatic heterocycles. The molecule has 1 saturated heterocycles. The summed E-state index contributed by atoms with van der Waals surface area (Å²) in [7, 11) is 1.67. The lowest BCUT2D eigenvalue weighted by Crippen LogP contribution is -2.35. The van der Waals surface area contributed by atoms with E-state index in [4.69, 9.17) is 16.3 Å². The summed E-state index contributed by atoms with van der Waals surface area (Å²) < 4.78 is 5.22. The van der Waals surface area contributed by atoms with E-state index in [-0.39, 0.29) is 0 Å². The summed E-state index contributed by atoms with van der Waals surface area (Å²) in [6, 6.07) is 8.26. The molecule has 0 amide bonds. The second-order valence-electron chi connectivity index (χ2n) is 4.22. The Morgan fingerprint density at radius 1 is 1.41 bits per heavy atom. The molecule has 1 aromatic carbocycles. The summed E-state index contributed by atoms with van der Waals surface area (Å²) >= 11 is 6.20. The highest BCUT2D eigenvalue weighted by Gasteiger charge is 2.22. The van der Waals surface area contributed by atoms with Crippen molar-refractivity contribution in [3.05, 3.63) is 35.0 Å².